The Bertz CT molecular complexity index is 126. The van der Waals surface area contributed by atoms with E-state index in [4.69, 9.17) is 0 Å². The van der Waals surface area contributed by atoms with Crippen LogP contribution < -0.4 is 5.32 Å². The summed E-state index contributed by atoms with van der Waals surface area (Å²) in [6, 6.07) is 0. The normalized spacial score (nSPS) is 9.92. The van der Waals surface area contributed by atoms with Crippen molar-refractivity contribution in [3.8, 4) is 0 Å². The summed E-state index contributed by atoms with van der Waals surface area (Å²) in [5.41, 5.74) is 0. The molecule has 0 aliphatic heterocycles. The molecular weight excluding hydrogens is 152 g/mol. The molecule has 0 aromatic rings. The Morgan fingerprint density at radius 3 is 2.50 bits per heavy atom. The number of carbonyl (C=O) groups is 1. The molecule has 0 atom stereocenters. The van der Waals surface area contributed by atoms with E-state index < -0.39 is 0 Å². The van der Waals surface area contributed by atoms with Crippen LogP contribution in [0.2, 0.25) is 0 Å². The lowest BCUT2D eigenvalue weighted by Gasteiger charge is -2.19. The topological polar surface area (TPSA) is 32.3 Å². The standard InChI is InChI=1S/C9H20N2O/c1-4-8-11(5-2)9(12)6-7-10-3/h10H,4-8H2,1-3H3. The molecule has 0 rings (SSSR count). The van der Waals surface area contributed by atoms with Gasteiger partial charge in [-0.15, -0.1) is 0 Å². The maximum atomic E-state index is 11.4. The van der Waals surface area contributed by atoms with Crippen LogP contribution in [-0.4, -0.2) is 37.5 Å². The summed E-state index contributed by atoms with van der Waals surface area (Å²) in [4.78, 5) is 13.3. The lowest BCUT2D eigenvalue weighted by Crippen LogP contribution is -2.33. The molecule has 3 heteroatoms. The van der Waals surface area contributed by atoms with Gasteiger partial charge in [0.05, 0.1) is 0 Å². The van der Waals surface area contributed by atoms with Gasteiger partial charge in [0.1, 0.15) is 0 Å². The Labute approximate surface area is 75.1 Å². The molecule has 72 valence electrons. The predicted molar refractivity (Wildman–Crippen MR) is 51.1 cm³/mol. The van der Waals surface area contributed by atoms with Crippen molar-refractivity contribution in [1.29, 1.82) is 0 Å². The third-order valence-corrected chi connectivity index (χ3v) is 1.82. The molecule has 12 heavy (non-hydrogen) atoms. The van der Waals surface area contributed by atoms with Gasteiger partial charge in [-0.2, -0.15) is 0 Å². The number of hydrogen-bond donors (Lipinski definition) is 1. The minimum absolute atomic E-state index is 0.258. The fourth-order valence-electron chi connectivity index (χ4n) is 1.12. The van der Waals surface area contributed by atoms with Gasteiger partial charge in [-0.3, -0.25) is 4.79 Å². The molecule has 0 saturated heterocycles. The van der Waals surface area contributed by atoms with E-state index in [1.165, 1.54) is 0 Å². The molecule has 0 aliphatic rings. The first-order valence-electron chi connectivity index (χ1n) is 4.68. The van der Waals surface area contributed by atoms with Crippen molar-refractivity contribution in [2.24, 2.45) is 0 Å². The molecule has 0 saturated carbocycles. The van der Waals surface area contributed by atoms with Crippen LogP contribution >= 0.6 is 0 Å². The van der Waals surface area contributed by atoms with E-state index in [2.05, 4.69) is 12.2 Å². The number of amides is 1. The van der Waals surface area contributed by atoms with Gasteiger partial charge in [-0.1, -0.05) is 6.92 Å². The quantitative estimate of drug-likeness (QED) is 0.644. The number of rotatable bonds is 6. The Hall–Kier alpha value is -0.570. The lowest BCUT2D eigenvalue weighted by atomic mass is 10.3. The molecular formula is C9H20N2O. The number of nitrogens with zero attached hydrogens (tertiary/aromatic N) is 1. The van der Waals surface area contributed by atoms with Crippen LogP contribution in [0, 0.1) is 0 Å². The first-order valence-corrected chi connectivity index (χ1v) is 4.68. The molecule has 0 aliphatic carbocycles. The van der Waals surface area contributed by atoms with E-state index in [9.17, 15) is 4.79 Å². The predicted octanol–water partition coefficient (Wildman–Crippen LogP) is 0.854. The summed E-state index contributed by atoms with van der Waals surface area (Å²) < 4.78 is 0. The molecule has 0 unspecified atom stereocenters. The second kappa shape index (κ2) is 7.10. The molecule has 0 heterocycles. The van der Waals surface area contributed by atoms with Crippen molar-refractivity contribution in [3.63, 3.8) is 0 Å². The highest BCUT2D eigenvalue weighted by Crippen LogP contribution is 1.94. The summed E-state index contributed by atoms with van der Waals surface area (Å²) in [6.45, 7) is 6.61. The summed E-state index contributed by atoms with van der Waals surface area (Å²) >= 11 is 0. The van der Waals surface area contributed by atoms with E-state index in [-0.39, 0.29) is 5.91 Å². The van der Waals surface area contributed by atoms with Gasteiger partial charge in [-0.25, -0.2) is 0 Å². The van der Waals surface area contributed by atoms with E-state index in [1.807, 2.05) is 18.9 Å². The maximum Gasteiger partial charge on any atom is 0.223 e. The highest BCUT2D eigenvalue weighted by atomic mass is 16.2. The van der Waals surface area contributed by atoms with Crippen molar-refractivity contribution in [1.82, 2.24) is 10.2 Å². The molecule has 3 nitrogen and oxygen atoms in total. The first kappa shape index (κ1) is 11.4. The number of carbonyl (C=O) groups excluding carboxylic acids is 1. The molecule has 0 fully saturated rings. The minimum Gasteiger partial charge on any atom is -0.343 e. The molecule has 0 aromatic carbocycles. The monoisotopic (exact) mass is 172 g/mol. The molecule has 0 spiro atoms. The van der Waals surface area contributed by atoms with Gasteiger partial charge in [0.2, 0.25) is 5.91 Å². The van der Waals surface area contributed by atoms with Crippen molar-refractivity contribution < 1.29 is 4.79 Å². The van der Waals surface area contributed by atoms with Gasteiger partial charge >= 0.3 is 0 Å². The average molecular weight is 172 g/mol. The second-order valence-electron chi connectivity index (χ2n) is 2.83. The summed E-state index contributed by atoms with van der Waals surface area (Å²) in [5.74, 6) is 0.258. The zero-order valence-electron chi connectivity index (χ0n) is 8.39. The number of hydrogen-bond acceptors (Lipinski definition) is 2. The molecule has 0 aromatic heterocycles. The molecule has 0 radical (unpaired) electrons. The SMILES string of the molecule is CCCN(CC)C(=O)CCNC. The Morgan fingerprint density at radius 2 is 2.08 bits per heavy atom. The average Bonchev–Trinajstić information content (AvgIpc) is 2.10. The van der Waals surface area contributed by atoms with Crippen molar-refractivity contribution in [3.05, 3.63) is 0 Å². The van der Waals surface area contributed by atoms with Crippen LogP contribution in [-0.2, 0) is 4.79 Å². The van der Waals surface area contributed by atoms with Crippen LogP contribution in [0.4, 0.5) is 0 Å². The van der Waals surface area contributed by atoms with Crippen molar-refractivity contribution >= 4 is 5.91 Å². The Morgan fingerprint density at radius 1 is 1.42 bits per heavy atom. The third kappa shape index (κ3) is 4.34. The molecule has 1 amide bonds. The van der Waals surface area contributed by atoms with Gasteiger partial charge in [0.25, 0.3) is 0 Å². The smallest absolute Gasteiger partial charge is 0.223 e. The lowest BCUT2D eigenvalue weighted by molar-refractivity contribution is -0.130. The zero-order chi connectivity index (χ0) is 9.40. The van der Waals surface area contributed by atoms with E-state index in [0.717, 1.165) is 26.1 Å². The van der Waals surface area contributed by atoms with Gasteiger partial charge in [0.15, 0.2) is 0 Å². The van der Waals surface area contributed by atoms with E-state index >= 15 is 0 Å². The second-order valence-corrected chi connectivity index (χ2v) is 2.83. The van der Waals surface area contributed by atoms with Crippen molar-refractivity contribution in [2.45, 2.75) is 26.7 Å². The maximum absolute atomic E-state index is 11.4. The largest absolute Gasteiger partial charge is 0.343 e. The van der Waals surface area contributed by atoms with Gasteiger partial charge in [-0.05, 0) is 20.4 Å². The van der Waals surface area contributed by atoms with Gasteiger partial charge < -0.3 is 10.2 Å². The Balaban J connectivity index is 3.69. The van der Waals surface area contributed by atoms with Crippen LogP contribution in [0.3, 0.4) is 0 Å². The number of nitrogens with one attached hydrogen (secondary N) is 1. The van der Waals surface area contributed by atoms with Crippen LogP contribution in [0.25, 0.3) is 0 Å². The fraction of sp³-hybridized carbons (Fsp3) is 0.889. The minimum atomic E-state index is 0.258. The first-order chi connectivity index (χ1) is 5.76. The van der Waals surface area contributed by atoms with Crippen LogP contribution in [0.5, 0.6) is 0 Å². The summed E-state index contributed by atoms with van der Waals surface area (Å²) in [7, 11) is 1.86. The van der Waals surface area contributed by atoms with Gasteiger partial charge in [0, 0.05) is 26.1 Å². The zero-order valence-corrected chi connectivity index (χ0v) is 8.39. The highest BCUT2D eigenvalue weighted by Gasteiger charge is 2.08. The fourth-order valence-corrected chi connectivity index (χ4v) is 1.12. The summed E-state index contributed by atoms with van der Waals surface area (Å²) in [5, 5.41) is 2.97. The summed E-state index contributed by atoms with van der Waals surface area (Å²) in [6.07, 6.45) is 1.66. The highest BCUT2D eigenvalue weighted by molar-refractivity contribution is 5.76. The Kier molecular flexibility index (Phi) is 6.76. The van der Waals surface area contributed by atoms with E-state index in [1.54, 1.807) is 0 Å². The molecule has 1 N–H and O–H groups in total. The van der Waals surface area contributed by atoms with Crippen LogP contribution in [0.15, 0.2) is 0 Å². The van der Waals surface area contributed by atoms with E-state index in [0.29, 0.717) is 6.42 Å². The third-order valence-electron chi connectivity index (χ3n) is 1.82. The molecule has 0 bridgehead atoms. The van der Waals surface area contributed by atoms with Crippen molar-refractivity contribution in [2.75, 3.05) is 26.7 Å². The van der Waals surface area contributed by atoms with Crippen LogP contribution in [0.1, 0.15) is 26.7 Å².